The molecule has 1 radical (unpaired) electrons. The minimum Gasteiger partial charge on any atom is -0.492 e. The van der Waals surface area contributed by atoms with Gasteiger partial charge in [-0.05, 0) is 60.7 Å². The average molecular weight is 495 g/mol. The molecule has 36 heavy (non-hydrogen) atoms. The van der Waals surface area contributed by atoms with E-state index in [0.717, 1.165) is 0 Å². The largest absolute Gasteiger partial charge is 0.492 e. The third-order valence-corrected chi connectivity index (χ3v) is 4.93. The van der Waals surface area contributed by atoms with Crippen LogP contribution in [0.5, 0.6) is 17.2 Å². The number of nitrogens with one attached hydrogen (secondary N) is 2. The molecule has 1 aromatic heterocycles. The van der Waals surface area contributed by atoms with Gasteiger partial charge in [0.05, 0.1) is 17.7 Å². The fraction of sp³-hybridized carbons (Fsp3) is 0.115. The summed E-state index contributed by atoms with van der Waals surface area (Å²) in [6.07, 6.45) is 2.05. The second-order valence-corrected chi connectivity index (χ2v) is 7.42. The van der Waals surface area contributed by atoms with Crippen molar-refractivity contribution in [2.75, 3.05) is 23.8 Å². The normalized spacial score (nSPS) is 10.1. The Hall–Kier alpha value is -3.68. The van der Waals surface area contributed by atoms with Crippen molar-refractivity contribution in [3.8, 4) is 23.3 Å². The van der Waals surface area contributed by atoms with Crippen LogP contribution in [0.1, 0.15) is 12.0 Å². The fourth-order valence-corrected chi connectivity index (χ4v) is 3.25. The number of carbonyl (C=O) groups excluding carboxylic acids is 1. The summed E-state index contributed by atoms with van der Waals surface area (Å²) < 4.78 is 24.6. The number of aromatic nitrogens is 1. The second kappa shape index (κ2) is 12.9. The van der Waals surface area contributed by atoms with Gasteiger partial charge in [0.15, 0.2) is 0 Å². The Labute approximate surface area is 229 Å². The average Bonchev–Trinajstić information content (AvgIpc) is 2.86. The number of benzene rings is 3. The zero-order chi connectivity index (χ0) is 24.6. The zero-order valence-electron chi connectivity index (χ0n) is 19.5. The van der Waals surface area contributed by atoms with Crippen molar-refractivity contribution in [2.24, 2.45) is 0 Å². The summed E-state index contributed by atoms with van der Waals surface area (Å²) in [7, 11) is 0. The number of fused-ring (bicyclic) bond motifs is 1. The number of amides is 2. The number of halogens is 1. The van der Waals surface area contributed by atoms with Crippen LogP contribution >= 0.6 is 0 Å². The molecule has 0 unspecified atom stereocenters. The molecule has 8 nitrogen and oxygen atoms in total. The van der Waals surface area contributed by atoms with Gasteiger partial charge in [-0.15, -0.1) is 0 Å². The van der Waals surface area contributed by atoms with E-state index < -0.39 is 6.03 Å². The number of nitriles is 1. The van der Waals surface area contributed by atoms with Gasteiger partial charge in [0.25, 0.3) is 0 Å². The molecule has 0 saturated heterocycles. The number of hydrogen-bond donors (Lipinski definition) is 3. The quantitative estimate of drug-likeness (QED) is 0.232. The van der Waals surface area contributed by atoms with Crippen LogP contribution < -0.4 is 20.1 Å². The van der Waals surface area contributed by atoms with Gasteiger partial charge in [0, 0.05) is 71.6 Å². The van der Waals surface area contributed by atoms with Gasteiger partial charge in [-0.2, -0.15) is 5.26 Å². The first-order chi connectivity index (χ1) is 17.1. The third kappa shape index (κ3) is 6.93. The molecule has 2 amide bonds. The van der Waals surface area contributed by atoms with Crippen LogP contribution in [-0.4, -0.2) is 58.9 Å². The van der Waals surface area contributed by atoms with E-state index in [-0.39, 0.29) is 48.6 Å². The SMILES string of the molecule is N#Cc1cc2c(Oc3ccc(NC(=O)Nc4ccc(F)cc4)cc3)ccnc2cc1OCCCO.[Na]. The molecule has 0 spiro atoms. The Morgan fingerprint density at radius 1 is 1.00 bits per heavy atom. The van der Waals surface area contributed by atoms with Crippen molar-refractivity contribution in [2.45, 2.75) is 6.42 Å². The van der Waals surface area contributed by atoms with E-state index in [1.807, 2.05) is 0 Å². The Balaban J connectivity index is 0.00000361. The minimum atomic E-state index is -0.466. The van der Waals surface area contributed by atoms with Gasteiger partial charge < -0.3 is 25.2 Å². The maximum atomic E-state index is 13.0. The van der Waals surface area contributed by atoms with E-state index in [9.17, 15) is 14.4 Å². The molecule has 0 aliphatic rings. The smallest absolute Gasteiger partial charge is 0.323 e. The Morgan fingerprint density at radius 3 is 2.31 bits per heavy atom. The van der Waals surface area contributed by atoms with Crippen LogP contribution in [0.2, 0.25) is 0 Å². The summed E-state index contributed by atoms with van der Waals surface area (Å²) >= 11 is 0. The number of hydrogen-bond acceptors (Lipinski definition) is 6. The number of rotatable bonds is 8. The molecular weight excluding hydrogens is 474 g/mol. The van der Waals surface area contributed by atoms with Crippen molar-refractivity contribution >= 4 is 57.9 Å². The van der Waals surface area contributed by atoms with Gasteiger partial charge in [0.2, 0.25) is 0 Å². The van der Waals surface area contributed by atoms with Crippen LogP contribution in [0.25, 0.3) is 10.9 Å². The van der Waals surface area contributed by atoms with E-state index in [4.69, 9.17) is 14.6 Å². The summed E-state index contributed by atoms with van der Waals surface area (Å²) in [4.78, 5) is 16.5. The number of anilines is 2. The summed E-state index contributed by atoms with van der Waals surface area (Å²) in [5.74, 6) is 1.03. The van der Waals surface area contributed by atoms with Crippen molar-refractivity contribution in [3.05, 3.63) is 84.3 Å². The Morgan fingerprint density at radius 2 is 1.67 bits per heavy atom. The number of aliphatic hydroxyl groups is 1. The van der Waals surface area contributed by atoms with E-state index >= 15 is 0 Å². The summed E-state index contributed by atoms with van der Waals surface area (Å²) in [5.41, 5.74) is 1.93. The molecule has 3 aromatic carbocycles. The van der Waals surface area contributed by atoms with Gasteiger partial charge in [-0.25, -0.2) is 9.18 Å². The number of urea groups is 1. The molecule has 0 aliphatic carbocycles. The van der Waals surface area contributed by atoms with Gasteiger partial charge >= 0.3 is 6.03 Å². The molecule has 0 saturated carbocycles. The first-order valence-electron chi connectivity index (χ1n) is 10.7. The molecule has 0 bridgehead atoms. The van der Waals surface area contributed by atoms with Crippen LogP contribution in [0.3, 0.4) is 0 Å². The fourth-order valence-electron chi connectivity index (χ4n) is 3.25. The van der Waals surface area contributed by atoms with Crippen LogP contribution in [0.15, 0.2) is 72.9 Å². The number of carbonyl (C=O) groups is 1. The van der Waals surface area contributed by atoms with Crippen molar-refractivity contribution in [3.63, 3.8) is 0 Å². The van der Waals surface area contributed by atoms with Crippen molar-refractivity contribution in [1.29, 1.82) is 5.26 Å². The molecule has 1 heterocycles. The molecule has 0 fully saturated rings. The second-order valence-electron chi connectivity index (χ2n) is 7.42. The van der Waals surface area contributed by atoms with Gasteiger partial charge in [-0.1, -0.05) is 0 Å². The number of ether oxygens (including phenoxy) is 2. The molecule has 3 N–H and O–H groups in total. The van der Waals surface area contributed by atoms with Gasteiger partial charge in [0.1, 0.15) is 29.1 Å². The molecule has 177 valence electrons. The molecular formula is C26H21FN4NaO4. The summed E-state index contributed by atoms with van der Waals surface area (Å²) in [6, 6.07) is 18.9. The van der Waals surface area contributed by atoms with Crippen LogP contribution in [0.4, 0.5) is 20.6 Å². The molecule has 0 atom stereocenters. The van der Waals surface area contributed by atoms with E-state index in [0.29, 0.717) is 51.5 Å². The summed E-state index contributed by atoms with van der Waals surface area (Å²) in [5, 5.41) is 24.4. The third-order valence-electron chi connectivity index (χ3n) is 4.93. The Kier molecular flexibility index (Phi) is 9.61. The van der Waals surface area contributed by atoms with E-state index in [2.05, 4.69) is 21.7 Å². The zero-order valence-corrected chi connectivity index (χ0v) is 21.5. The first-order valence-corrected chi connectivity index (χ1v) is 10.7. The molecule has 4 aromatic rings. The summed E-state index contributed by atoms with van der Waals surface area (Å²) in [6.45, 7) is 0.286. The number of pyridine rings is 1. The van der Waals surface area contributed by atoms with E-state index in [1.165, 1.54) is 24.3 Å². The van der Waals surface area contributed by atoms with E-state index in [1.54, 1.807) is 48.7 Å². The maximum absolute atomic E-state index is 13.0. The minimum absolute atomic E-state index is 0. The number of aliphatic hydroxyl groups excluding tert-OH is 1. The van der Waals surface area contributed by atoms with Crippen LogP contribution in [-0.2, 0) is 0 Å². The monoisotopic (exact) mass is 495 g/mol. The van der Waals surface area contributed by atoms with Gasteiger partial charge in [-0.3, -0.25) is 4.98 Å². The molecule has 0 aliphatic heterocycles. The van der Waals surface area contributed by atoms with Crippen molar-refractivity contribution in [1.82, 2.24) is 4.98 Å². The standard InChI is InChI=1S/C26H21FN4O4.Na/c27-18-2-4-19(5-3-18)30-26(33)31-20-6-8-21(9-7-20)35-24-10-11-29-23-15-25(34-13-1-12-32)17(16-28)14-22(23)24;/h2-11,14-15,32H,1,12-13H2,(H2,30,31,33);. The Bertz CT molecular complexity index is 1380. The maximum Gasteiger partial charge on any atom is 0.323 e. The first kappa shape index (κ1) is 26.9. The predicted molar refractivity (Wildman–Crippen MR) is 135 cm³/mol. The predicted octanol–water partition coefficient (Wildman–Crippen LogP) is 5.06. The topological polar surface area (TPSA) is 116 Å². The number of nitrogens with zero attached hydrogens (tertiary/aromatic N) is 2. The van der Waals surface area contributed by atoms with Crippen molar-refractivity contribution < 1.29 is 23.8 Å². The molecule has 10 heteroatoms. The van der Waals surface area contributed by atoms with Crippen LogP contribution in [0, 0.1) is 17.1 Å². The molecule has 4 rings (SSSR count).